The maximum Gasteiger partial charge on any atom is 0.0504 e. The molecule has 21 heavy (non-hydrogen) atoms. The molecule has 2 N–H and O–H groups in total. The third kappa shape index (κ3) is 4.10. The number of rotatable bonds is 4. The average Bonchev–Trinajstić information content (AvgIpc) is 2.47. The molecule has 0 saturated heterocycles. The van der Waals surface area contributed by atoms with E-state index in [-0.39, 0.29) is 11.3 Å². The first-order chi connectivity index (χ1) is 9.85. The Hall–Kier alpha value is 0.110. The van der Waals surface area contributed by atoms with Crippen molar-refractivity contribution in [1.82, 2.24) is 0 Å². The zero-order valence-electron chi connectivity index (χ0n) is 14.4. The van der Waals surface area contributed by atoms with Crippen LogP contribution in [0.4, 0.5) is 0 Å². The highest BCUT2D eigenvalue weighted by molar-refractivity contribution is 7.86. The van der Waals surface area contributed by atoms with Crippen LogP contribution in [0.25, 0.3) is 0 Å². The zero-order chi connectivity index (χ0) is 15.6. The van der Waals surface area contributed by atoms with Gasteiger partial charge in [-0.15, -0.1) is 0 Å². The Morgan fingerprint density at radius 2 is 1.86 bits per heavy atom. The Kier molecular flexibility index (Phi) is 5.92. The molecule has 2 aliphatic carbocycles. The summed E-state index contributed by atoms with van der Waals surface area (Å²) in [6, 6.07) is 0.159. The van der Waals surface area contributed by atoms with Gasteiger partial charge in [0.05, 0.1) is 5.25 Å². The summed E-state index contributed by atoms with van der Waals surface area (Å²) in [6.45, 7) is 9.34. The summed E-state index contributed by atoms with van der Waals surface area (Å²) in [6.07, 6.45) is 9.44. The largest absolute Gasteiger partial charge is 0.327 e. The van der Waals surface area contributed by atoms with E-state index in [2.05, 4.69) is 27.7 Å². The highest BCUT2D eigenvalue weighted by atomic mass is 32.2. The first-order valence-corrected chi connectivity index (χ1v) is 10.3. The first-order valence-electron chi connectivity index (χ1n) is 9.00. The van der Waals surface area contributed by atoms with Gasteiger partial charge in [0.1, 0.15) is 0 Å². The lowest BCUT2D eigenvalue weighted by Crippen LogP contribution is -2.48. The van der Waals surface area contributed by atoms with Crippen LogP contribution in [0.15, 0.2) is 0 Å². The van der Waals surface area contributed by atoms with Crippen molar-refractivity contribution in [3.05, 3.63) is 0 Å². The molecule has 0 spiro atoms. The molecule has 3 heteroatoms. The van der Waals surface area contributed by atoms with Gasteiger partial charge < -0.3 is 5.73 Å². The lowest BCUT2D eigenvalue weighted by atomic mass is 9.69. The van der Waals surface area contributed by atoms with Gasteiger partial charge in [-0.1, -0.05) is 47.0 Å². The van der Waals surface area contributed by atoms with Crippen LogP contribution in [0.1, 0.15) is 79.1 Å². The van der Waals surface area contributed by atoms with Gasteiger partial charge in [0.2, 0.25) is 0 Å². The molecule has 0 bridgehead atoms. The summed E-state index contributed by atoms with van der Waals surface area (Å²) in [5.74, 6) is 1.44. The van der Waals surface area contributed by atoms with Crippen LogP contribution in [0.3, 0.4) is 0 Å². The smallest absolute Gasteiger partial charge is 0.0504 e. The van der Waals surface area contributed by atoms with E-state index in [9.17, 15) is 4.21 Å². The predicted octanol–water partition coefficient (Wildman–Crippen LogP) is 4.25. The van der Waals surface area contributed by atoms with E-state index in [1.165, 1.54) is 25.7 Å². The van der Waals surface area contributed by atoms with Crippen molar-refractivity contribution in [2.24, 2.45) is 23.0 Å². The van der Waals surface area contributed by atoms with E-state index in [1.54, 1.807) is 0 Å². The van der Waals surface area contributed by atoms with Crippen molar-refractivity contribution >= 4 is 10.8 Å². The average molecular weight is 314 g/mol. The lowest BCUT2D eigenvalue weighted by Gasteiger charge is -2.43. The maximum atomic E-state index is 13.1. The molecule has 0 aromatic rings. The number of hydrogen-bond donors (Lipinski definition) is 1. The van der Waals surface area contributed by atoms with Crippen LogP contribution in [0.2, 0.25) is 0 Å². The van der Waals surface area contributed by atoms with Crippen LogP contribution >= 0.6 is 0 Å². The summed E-state index contributed by atoms with van der Waals surface area (Å²) in [5, 5.41) is 0.651. The van der Waals surface area contributed by atoms with Gasteiger partial charge in [0.15, 0.2) is 0 Å². The van der Waals surface area contributed by atoms with Crippen LogP contribution < -0.4 is 5.73 Å². The van der Waals surface area contributed by atoms with E-state index < -0.39 is 10.8 Å². The van der Waals surface area contributed by atoms with Crippen LogP contribution in [-0.4, -0.2) is 20.8 Å². The molecule has 0 aromatic carbocycles. The van der Waals surface area contributed by atoms with Crippen molar-refractivity contribution < 1.29 is 4.21 Å². The van der Waals surface area contributed by atoms with Crippen LogP contribution in [-0.2, 0) is 10.8 Å². The monoisotopic (exact) mass is 313 g/mol. The molecule has 2 fully saturated rings. The van der Waals surface area contributed by atoms with E-state index in [0.717, 1.165) is 31.6 Å². The second-order valence-corrected chi connectivity index (χ2v) is 10.2. The van der Waals surface area contributed by atoms with E-state index in [0.29, 0.717) is 16.6 Å². The van der Waals surface area contributed by atoms with Crippen molar-refractivity contribution in [2.75, 3.05) is 0 Å². The van der Waals surface area contributed by atoms with Crippen molar-refractivity contribution in [1.29, 1.82) is 0 Å². The molecule has 2 aliphatic rings. The minimum absolute atomic E-state index is 0.159. The Morgan fingerprint density at radius 3 is 2.48 bits per heavy atom. The Bertz CT molecular complexity index is 368. The minimum Gasteiger partial charge on any atom is -0.327 e. The first kappa shape index (κ1) is 17.5. The second kappa shape index (κ2) is 7.12. The van der Waals surface area contributed by atoms with E-state index in [4.69, 9.17) is 5.73 Å². The summed E-state index contributed by atoms with van der Waals surface area (Å²) in [7, 11) is -0.726. The fraction of sp³-hybridized carbons (Fsp3) is 1.00. The lowest BCUT2D eigenvalue weighted by molar-refractivity contribution is 0.147. The molecule has 0 heterocycles. The van der Waals surface area contributed by atoms with Gasteiger partial charge in [0.25, 0.3) is 0 Å². The Morgan fingerprint density at radius 1 is 1.14 bits per heavy atom. The number of hydrogen-bond acceptors (Lipinski definition) is 2. The molecule has 6 atom stereocenters. The normalized spacial score (nSPS) is 40.0. The van der Waals surface area contributed by atoms with Gasteiger partial charge in [-0.05, 0) is 49.4 Å². The van der Waals surface area contributed by atoms with Gasteiger partial charge in [-0.25, -0.2) is 0 Å². The number of nitrogens with two attached hydrogens (primary N) is 1. The maximum absolute atomic E-state index is 13.1. The van der Waals surface area contributed by atoms with Crippen molar-refractivity contribution in [2.45, 2.75) is 95.6 Å². The molecule has 2 rings (SSSR count). The second-order valence-electron chi connectivity index (χ2n) is 8.28. The molecule has 2 saturated carbocycles. The standard InChI is InChI=1S/C18H35NOS/c1-5-18(3,4)14-9-10-16(19)17(12-14)21(20)15-8-6-7-13(2)11-15/h13-17H,5-12,19H2,1-4H3. The Balaban J connectivity index is 2.04. The molecule has 0 amide bonds. The van der Waals surface area contributed by atoms with E-state index >= 15 is 0 Å². The third-order valence-electron chi connectivity index (χ3n) is 6.37. The summed E-state index contributed by atoms with van der Waals surface area (Å²) in [5.41, 5.74) is 6.74. The summed E-state index contributed by atoms with van der Waals surface area (Å²) >= 11 is 0. The molecule has 124 valence electrons. The van der Waals surface area contributed by atoms with Crippen molar-refractivity contribution in [3.63, 3.8) is 0 Å². The highest BCUT2D eigenvalue weighted by Crippen LogP contribution is 2.42. The van der Waals surface area contributed by atoms with E-state index in [1.807, 2.05) is 0 Å². The van der Waals surface area contributed by atoms with Gasteiger partial charge in [-0.3, -0.25) is 4.21 Å². The minimum atomic E-state index is -0.726. The quantitative estimate of drug-likeness (QED) is 0.843. The summed E-state index contributed by atoms with van der Waals surface area (Å²) < 4.78 is 13.1. The Labute approximate surface area is 134 Å². The third-order valence-corrected chi connectivity index (χ3v) is 8.60. The fourth-order valence-corrected chi connectivity index (χ4v) is 6.57. The molecule has 6 unspecified atom stereocenters. The fourth-order valence-electron chi connectivity index (χ4n) is 4.25. The highest BCUT2D eigenvalue weighted by Gasteiger charge is 2.40. The topological polar surface area (TPSA) is 43.1 Å². The molecule has 0 aromatic heterocycles. The van der Waals surface area contributed by atoms with Gasteiger partial charge >= 0.3 is 0 Å². The SMILES string of the molecule is CCC(C)(C)C1CCC(N)C(S(=O)C2CCCC(C)C2)C1. The zero-order valence-corrected chi connectivity index (χ0v) is 15.3. The van der Waals surface area contributed by atoms with Crippen LogP contribution in [0.5, 0.6) is 0 Å². The predicted molar refractivity (Wildman–Crippen MR) is 92.7 cm³/mol. The molecule has 0 aliphatic heterocycles. The van der Waals surface area contributed by atoms with Gasteiger partial charge in [0, 0.05) is 22.1 Å². The van der Waals surface area contributed by atoms with Crippen molar-refractivity contribution in [3.8, 4) is 0 Å². The molecular formula is C18H35NOS. The summed E-state index contributed by atoms with van der Waals surface area (Å²) in [4.78, 5) is 0. The molecular weight excluding hydrogens is 278 g/mol. The van der Waals surface area contributed by atoms with Gasteiger partial charge in [-0.2, -0.15) is 0 Å². The molecule has 0 radical (unpaired) electrons. The van der Waals surface area contributed by atoms with Crippen LogP contribution in [0, 0.1) is 17.3 Å². The molecule has 2 nitrogen and oxygen atoms in total.